The summed E-state index contributed by atoms with van der Waals surface area (Å²) in [6, 6.07) is 16.1. The lowest BCUT2D eigenvalue weighted by molar-refractivity contribution is -0.118. The number of fused-ring (bicyclic) bond motifs is 1. The quantitative estimate of drug-likeness (QED) is 0.636. The zero-order valence-electron chi connectivity index (χ0n) is 14.4. The molecule has 0 saturated carbocycles. The van der Waals surface area contributed by atoms with Crippen molar-refractivity contribution in [2.24, 2.45) is 5.73 Å². The molecule has 0 spiro atoms. The van der Waals surface area contributed by atoms with Gasteiger partial charge in [0.1, 0.15) is 11.6 Å². The summed E-state index contributed by atoms with van der Waals surface area (Å²) in [5, 5.41) is 0. The lowest BCUT2D eigenvalue weighted by atomic mass is 10.1. The van der Waals surface area contributed by atoms with Gasteiger partial charge >= 0.3 is 0 Å². The smallest absolute Gasteiger partial charge is 0.217 e. The summed E-state index contributed by atoms with van der Waals surface area (Å²) in [5.41, 5.74) is 8.39. The van der Waals surface area contributed by atoms with E-state index in [9.17, 15) is 4.79 Å². The average molecular weight is 337 g/mol. The number of hydrogen-bond donors (Lipinski definition) is 1. The Kier molecular flexibility index (Phi) is 5.33. The topological polar surface area (TPSA) is 70.1 Å². The number of hydrogen-bond acceptors (Lipinski definition) is 3. The Morgan fingerprint density at radius 1 is 1.08 bits per heavy atom. The maximum absolute atomic E-state index is 10.9. The van der Waals surface area contributed by atoms with E-state index in [1.807, 2.05) is 42.5 Å². The molecule has 3 aromatic rings. The summed E-state index contributed by atoms with van der Waals surface area (Å²) < 4.78 is 7.49. The molecule has 0 aliphatic carbocycles. The number of carbonyl (C=O) groups is 1. The third-order valence-corrected chi connectivity index (χ3v) is 4.31. The predicted molar refractivity (Wildman–Crippen MR) is 99.4 cm³/mol. The lowest BCUT2D eigenvalue weighted by Crippen LogP contribution is -2.09. The van der Waals surface area contributed by atoms with Crippen molar-refractivity contribution in [2.45, 2.75) is 32.2 Å². The van der Waals surface area contributed by atoms with Gasteiger partial charge in [0.2, 0.25) is 5.91 Å². The molecule has 2 aromatic carbocycles. The fourth-order valence-electron chi connectivity index (χ4n) is 3.01. The van der Waals surface area contributed by atoms with Crippen LogP contribution in [0.5, 0.6) is 5.75 Å². The number of rotatable bonds is 8. The second-order valence-electron chi connectivity index (χ2n) is 6.08. The Labute approximate surface area is 147 Å². The SMILES string of the molecule is COc1ccc(-c2nc3ccccc3n2CCCCCC(N)=O)cc1. The van der Waals surface area contributed by atoms with Crippen LogP contribution in [0.4, 0.5) is 0 Å². The van der Waals surface area contributed by atoms with E-state index in [2.05, 4.69) is 10.6 Å². The van der Waals surface area contributed by atoms with E-state index in [0.29, 0.717) is 6.42 Å². The molecule has 0 atom stereocenters. The number of amides is 1. The van der Waals surface area contributed by atoms with Crippen molar-refractivity contribution in [1.29, 1.82) is 0 Å². The number of unbranched alkanes of at least 4 members (excludes halogenated alkanes) is 2. The van der Waals surface area contributed by atoms with E-state index in [1.165, 1.54) is 0 Å². The van der Waals surface area contributed by atoms with Crippen LogP contribution in [-0.2, 0) is 11.3 Å². The molecule has 0 unspecified atom stereocenters. The minimum atomic E-state index is -0.230. The molecule has 1 amide bonds. The first-order valence-corrected chi connectivity index (χ1v) is 8.57. The van der Waals surface area contributed by atoms with Gasteiger partial charge in [-0.25, -0.2) is 4.98 Å². The minimum Gasteiger partial charge on any atom is -0.497 e. The molecule has 1 aromatic heterocycles. The second-order valence-corrected chi connectivity index (χ2v) is 6.08. The number of aromatic nitrogens is 2. The summed E-state index contributed by atoms with van der Waals surface area (Å²) in [4.78, 5) is 15.7. The summed E-state index contributed by atoms with van der Waals surface area (Å²) >= 11 is 0. The van der Waals surface area contributed by atoms with Gasteiger partial charge < -0.3 is 15.0 Å². The normalized spacial score (nSPS) is 10.9. The molecule has 0 aliphatic rings. The summed E-state index contributed by atoms with van der Waals surface area (Å²) in [6.45, 7) is 0.862. The van der Waals surface area contributed by atoms with E-state index in [1.54, 1.807) is 7.11 Å². The number of carbonyl (C=O) groups excluding carboxylic acids is 1. The van der Waals surface area contributed by atoms with E-state index >= 15 is 0 Å². The van der Waals surface area contributed by atoms with E-state index in [0.717, 1.165) is 54.0 Å². The van der Waals surface area contributed by atoms with Crippen molar-refractivity contribution in [2.75, 3.05) is 7.11 Å². The maximum atomic E-state index is 10.9. The van der Waals surface area contributed by atoms with E-state index in [-0.39, 0.29) is 5.91 Å². The number of primary amides is 1. The zero-order chi connectivity index (χ0) is 17.6. The Morgan fingerprint density at radius 3 is 2.56 bits per heavy atom. The standard InChI is InChI=1S/C20H23N3O2/c1-25-16-12-10-15(11-13-16)20-22-17-7-4-5-8-18(17)23(20)14-6-2-3-9-19(21)24/h4-5,7-8,10-13H,2-3,6,9,14H2,1H3,(H2,21,24). The highest BCUT2D eigenvalue weighted by Gasteiger charge is 2.12. The summed E-state index contributed by atoms with van der Waals surface area (Å²) in [7, 11) is 1.66. The molecular weight excluding hydrogens is 314 g/mol. The van der Waals surface area contributed by atoms with Crippen LogP contribution in [0.2, 0.25) is 0 Å². The van der Waals surface area contributed by atoms with Crippen LogP contribution < -0.4 is 10.5 Å². The van der Waals surface area contributed by atoms with Crippen LogP contribution in [0, 0.1) is 0 Å². The van der Waals surface area contributed by atoms with Gasteiger partial charge in [0.15, 0.2) is 0 Å². The maximum Gasteiger partial charge on any atom is 0.217 e. The molecule has 1 heterocycles. The van der Waals surface area contributed by atoms with Gasteiger partial charge in [0.25, 0.3) is 0 Å². The van der Waals surface area contributed by atoms with Crippen LogP contribution in [0.3, 0.4) is 0 Å². The fourth-order valence-corrected chi connectivity index (χ4v) is 3.01. The highest BCUT2D eigenvalue weighted by molar-refractivity contribution is 5.80. The monoisotopic (exact) mass is 337 g/mol. The molecule has 0 aliphatic heterocycles. The number of imidazole rings is 1. The van der Waals surface area contributed by atoms with Crippen LogP contribution >= 0.6 is 0 Å². The molecular formula is C20H23N3O2. The number of nitrogens with zero attached hydrogens (tertiary/aromatic N) is 2. The van der Waals surface area contributed by atoms with Gasteiger partial charge in [-0.1, -0.05) is 18.6 Å². The predicted octanol–water partition coefficient (Wildman–Crippen LogP) is 3.76. The Bertz CT molecular complexity index is 853. The van der Waals surface area contributed by atoms with Crippen molar-refractivity contribution < 1.29 is 9.53 Å². The van der Waals surface area contributed by atoms with Gasteiger partial charge in [-0.05, 0) is 49.2 Å². The molecule has 25 heavy (non-hydrogen) atoms. The molecule has 0 fully saturated rings. The van der Waals surface area contributed by atoms with Crippen molar-refractivity contribution >= 4 is 16.9 Å². The number of methoxy groups -OCH3 is 1. The average Bonchev–Trinajstić information content (AvgIpc) is 3.00. The van der Waals surface area contributed by atoms with Crippen molar-refractivity contribution in [3.63, 3.8) is 0 Å². The Morgan fingerprint density at radius 2 is 1.84 bits per heavy atom. The highest BCUT2D eigenvalue weighted by atomic mass is 16.5. The molecule has 130 valence electrons. The Hall–Kier alpha value is -2.82. The van der Waals surface area contributed by atoms with Gasteiger partial charge in [0, 0.05) is 18.5 Å². The second kappa shape index (κ2) is 7.83. The third kappa shape index (κ3) is 3.99. The van der Waals surface area contributed by atoms with Gasteiger partial charge in [-0.3, -0.25) is 4.79 Å². The molecule has 5 nitrogen and oxygen atoms in total. The first-order chi connectivity index (χ1) is 12.2. The number of para-hydroxylation sites is 2. The minimum absolute atomic E-state index is 0.230. The fraction of sp³-hybridized carbons (Fsp3) is 0.300. The third-order valence-electron chi connectivity index (χ3n) is 4.31. The van der Waals surface area contributed by atoms with Crippen LogP contribution in [-0.4, -0.2) is 22.6 Å². The van der Waals surface area contributed by atoms with Gasteiger partial charge in [0.05, 0.1) is 18.1 Å². The lowest BCUT2D eigenvalue weighted by Gasteiger charge is -2.10. The van der Waals surface area contributed by atoms with Crippen LogP contribution in [0.25, 0.3) is 22.4 Å². The zero-order valence-corrected chi connectivity index (χ0v) is 14.4. The summed E-state index contributed by atoms with van der Waals surface area (Å²) in [6.07, 6.45) is 3.24. The van der Waals surface area contributed by atoms with Gasteiger partial charge in [-0.15, -0.1) is 0 Å². The number of ether oxygens (including phenoxy) is 1. The first-order valence-electron chi connectivity index (χ1n) is 8.57. The molecule has 2 N–H and O–H groups in total. The van der Waals surface area contributed by atoms with E-state index in [4.69, 9.17) is 15.5 Å². The summed E-state index contributed by atoms with van der Waals surface area (Å²) in [5.74, 6) is 1.56. The van der Waals surface area contributed by atoms with Crippen LogP contribution in [0.1, 0.15) is 25.7 Å². The largest absolute Gasteiger partial charge is 0.497 e. The number of aryl methyl sites for hydroxylation is 1. The molecule has 5 heteroatoms. The van der Waals surface area contributed by atoms with Crippen molar-refractivity contribution in [1.82, 2.24) is 9.55 Å². The van der Waals surface area contributed by atoms with Gasteiger partial charge in [-0.2, -0.15) is 0 Å². The van der Waals surface area contributed by atoms with Crippen molar-refractivity contribution in [3.05, 3.63) is 48.5 Å². The Balaban J connectivity index is 1.85. The number of benzene rings is 2. The molecule has 3 rings (SSSR count). The van der Waals surface area contributed by atoms with E-state index < -0.39 is 0 Å². The molecule has 0 bridgehead atoms. The molecule has 0 saturated heterocycles. The first kappa shape index (κ1) is 17.0. The van der Waals surface area contributed by atoms with Crippen molar-refractivity contribution in [3.8, 4) is 17.1 Å². The highest BCUT2D eigenvalue weighted by Crippen LogP contribution is 2.27. The molecule has 0 radical (unpaired) electrons. The van der Waals surface area contributed by atoms with Crippen LogP contribution in [0.15, 0.2) is 48.5 Å². The number of nitrogens with two attached hydrogens (primary N) is 1.